The second-order valence-corrected chi connectivity index (χ2v) is 5.47. The number of hydrogen-bond donors (Lipinski definition) is 1. The number of hydrogen-bond acceptors (Lipinski definition) is 5. The molecular formula is C16H22O5. The van der Waals surface area contributed by atoms with Gasteiger partial charge in [-0.05, 0) is 17.7 Å². The van der Waals surface area contributed by atoms with E-state index >= 15 is 0 Å². The van der Waals surface area contributed by atoms with Gasteiger partial charge >= 0.3 is 11.9 Å². The van der Waals surface area contributed by atoms with Crippen molar-refractivity contribution in [1.82, 2.24) is 0 Å². The molecule has 5 heteroatoms. The Bertz CT molecular complexity index is 525. The Morgan fingerprint density at radius 1 is 1.10 bits per heavy atom. The predicted octanol–water partition coefficient (Wildman–Crippen LogP) is 2.79. The van der Waals surface area contributed by atoms with E-state index in [1.807, 2.05) is 0 Å². The molecule has 1 N–H and O–H groups in total. The molecule has 0 bridgehead atoms. The molecule has 0 aliphatic carbocycles. The summed E-state index contributed by atoms with van der Waals surface area (Å²) in [6, 6.07) is 4.99. The Labute approximate surface area is 126 Å². The molecule has 0 fully saturated rings. The standard InChI is InChI=1S/C16H22O5/c1-10(2)15(18)20-8-12-5-6-14(17)13(7-12)9-21-16(19)11(3)4/h5-7,10-11,17H,8-9H2,1-4H3/i/hT. The molecule has 0 radical (unpaired) electrons. The fourth-order valence-electron chi connectivity index (χ4n) is 1.47. The number of esters is 2. The zero-order valence-electron chi connectivity index (χ0n) is 13.8. The lowest BCUT2D eigenvalue weighted by atomic mass is 10.1. The lowest BCUT2D eigenvalue weighted by molar-refractivity contribution is -0.149. The number of benzene rings is 1. The summed E-state index contributed by atoms with van der Waals surface area (Å²) in [6.45, 7) is 7.14. The predicted molar refractivity (Wildman–Crippen MR) is 77.4 cm³/mol. The van der Waals surface area contributed by atoms with Crippen molar-refractivity contribution < 1.29 is 24.2 Å². The molecule has 0 saturated carbocycles. The Hall–Kier alpha value is -2.04. The highest BCUT2D eigenvalue weighted by molar-refractivity contribution is 5.72. The SMILES string of the molecule is [3H]Oc1ccc(COC(=O)C(C)C)cc1COC(=O)C(C)C. The van der Waals surface area contributed by atoms with E-state index in [1.165, 1.54) is 0 Å². The highest BCUT2D eigenvalue weighted by Crippen LogP contribution is 2.20. The van der Waals surface area contributed by atoms with Crippen molar-refractivity contribution in [2.24, 2.45) is 11.8 Å². The molecule has 21 heavy (non-hydrogen) atoms. The summed E-state index contributed by atoms with van der Waals surface area (Å²) in [5, 5.41) is 4.51. The maximum Gasteiger partial charge on any atom is 0.308 e. The summed E-state index contributed by atoms with van der Waals surface area (Å²) in [5.41, 5.74) is 1.30. The van der Waals surface area contributed by atoms with Crippen molar-refractivity contribution in [3.8, 4) is 5.75 Å². The Morgan fingerprint density at radius 3 is 2.19 bits per heavy atom. The Balaban J connectivity index is 2.76. The maximum absolute atomic E-state index is 11.5. The maximum atomic E-state index is 11.5. The third-order valence-corrected chi connectivity index (χ3v) is 2.82. The summed E-state index contributed by atoms with van der Waals surface area (Å²) in [6.07, 6.45) is 0. The van der Waals surface area contributed by atoms with Crippen LogP contribution in [0.4, 0.5) is 0 Å². The fraction of sp³-hybridized carbons (Fsp3) is 0.500. The van der Waals surface area contributed by atoms with Crippen LogP contribution < -0.4 is 0 Å². The number of phenolic OH excluding ortho intramolecular Hbond substituents is 1. The number of aromatic hydroxyl groups is 1. The van der Waals surface area contributed by atoms with Gasteiger partial charge in [0.05, 0.1) is 11.8 Å². The minimum Gasteiger partial charge on any atom is -0.508 e. The highest BCUT2D eigenvalue weighted by Gasteiger charge is 2.12. The molecule has 1 rings (SSSR count). The topological polar surface area (TPSA) is 72.8 Å². The van der Waals surface area contributed by atoms with Gasteiger partial charge in [0, 0.05) is 5.56 Å². The molecule has 1 aromatic rings. The van der Waals surface area contributed by atoms with Gasteiger partial charge in [-0.1, -0.05) is 33.8 Å². The van der Waals surface area contributed by atoms with E-state index in [4.69, 9.17) is 10.9 Å². The van der Waals surface area contributed by atoms with Gasteiger partial charge in [0.2, 0.25) is 0 Å². The zero-order chi connectivity index (χ0) is 16.7. The molecular weight excluding hydrogens is 272 g/mol. The van der Waals surface area contributed by atoms with Crippen LogP contribution in [0.25, 0.3) is 0 Å². The summed E-state index contributed by atoms with van der Waals surface area (Å²) >= 11 is 0. The quantitative estimate of drug-likeness (QED) is 0.783. The van der Waals surface area contributed by atoms with Crippen molar-refractivity contribution in [3.63, 3.8) is 0 Å². The molecule has 1 aromatic carbocycles. The lowest BCUT2D eigenvalue weighted by Crippen LogP contribution is -2.12. The lowest BCUT2D eigenvalue weighted by Gasteiger charge is -2.11. The van der Waals surface area contributed by atoms with Crippen LogP contribution in [0.15, 0.2) is 18.2 Å². The summed E-state index contributed by atoms with van der Waals surface area (Å²) in [5.74, 6) is -0.727. The molecule has 0 atom stereocenters. The largest absolute Gasteiger partial charge is 0.508 e. The normalized spacial score (nSPS) is 11.2. The monoisotopic (exact) mass is 296 g/mol. The smallest absolute Gasteiger partial charge is 0.308 e. The van der Waals surface area contributed by atoms with Crippen molar-refractivity contribution in [1.29, 1.82) is 1.43 Å². The highest BCUT2D eigenvalue weighted by atomic mass is 16.5. The van der Waals surface area contributed by atoms with Gasteiger partial charge in [-0.25, -0.2) is 0 Å². The van der Waals surface area contributed by atoms with Gasteiger partial charge in [-0.15, -0.1) is 0 Å². The molecule has 0 heterocycles. The second kappa shape index (κ2) is 7.67. The molecule has 0 saturated heterocycles. The van der Waals surface area contributed by atoms with Crippen LogP contribution in [-0.2, 0) is 32.3 Å². The van der Waals surface area contributed by atoms with Crippen LogP contribution in [0.5, 0.6) is 5.75 Å². The van der Waals surface area contributed by atoms with Crippen molar-refractivity contribution in [3.05, 3.63) is 29.3 Å². The van der Waals surface area contributed by atoms with Crippen LogP contribution in [0.3, 0.4) is 0 Å². The Kier molecular flexibility index (Phi) is 5.60. The van der Waals surface area contributed by atoms with E-state index in [9.17, 15) is 9.59 Å². The van der Waals surface area contributed by atoms with E-state index in [0.717, 1.165) is 5.56 Å². The van der Waals surface area contributed by atoms with Crippen LogP contribution in [0.2, 0.25) is 0 Å². The van der Waals surface area contributed by atoms with Gasteiger partial charge in [0.15, 0.2) is 0 Å². The third-order valence-electron chi connectivity index (χ3n) is 2.82. The number of carbonyl (C=O) groups is 2. The first-order valence-electron chi connectivity index (χ1n) is 7.34. The molecule has 0 unspecified atom stereocenters. The van der Waals surface area contributed by atoms with Crippen LogP contribution in [0.1, 0.15) is 38.8 Å². The van der Waals surface area contributed by atoms with Gasteiger partial charge < -0.3 is 14.6 Å². The van der Waals surface area contributed by atoms with Crippen molar-refractivity contribution in [2.75, 3.05) is 0 Å². The number of phenols is 1. The van der Waals surface area contributed by atoms with E-state index in [-0.39, 0.29) is 37.0 Å². The van der Waals surface area contributed by atoms with E-state index in [1.54, 1.807) is 45.9 Å². The molecule has 0 spiro atoms. The first-order chi connectivity index (χ1) is 10.3. The molecule has 0 amide bonds. The summed E-state index contributed by atoms with van der Waals surface area (Å²) in [4.78, 5) is 23.0. The number of rotatable bonds is 7. The first kappa shape index (κ1) is 15.4. The van der Waals surface area contributed by atoms with Gasteiger partial charge in [-0.2, -0.15) is 0 Å². The van der Waals surface area contributed by atoms with Gasteiger partial charge in [0.1, 0.15) is 19.0 Å². The van der Waals surface area contributed by atoms with Crippen LogP contribution in [0, 0.1) is 11.8 Å². The zero-order valence-corrected chi connectivity index (χ0v) is 12.8. The molecule has 116 valence electrons. The Morgan fingerprint density at radius 2 is 1.67 bits per heavy atom. The number of carbonyl (C=O) groups excluding carboxylic acids is 2. The number of ether oxygens (including phenoxy) is 2. The first-order valence-corrected chi connectivity index (χ1v) is 6.93. The van der Waals surface area contributed by atoms with Crippen molar-refractivity contribution in [2.45, 2.75) is 40.9 Å². The molecule has 0 aromatic heterocycles. The molecule has 0 aliphatic heterocycles. The van der Waals surface area contributed by atoms with E-state index in [0.29, 0.717) is 11.3 Å². The molecule has 0 aliphatic rings. The second-order valence-electron chi connectivity index (χ2n) is 5.47. The average Bonchev–Trinajstić information content (AvgIpc) is 2.49. The van der Waals surface area contributed by atoms with Gasteiger partial charge in [-0.3, -0.25) is 9.59 Å². The van der Waals surface area contributed by atoms with Crippen LogP contribution in [-0.4, -0.2) is 18.5 Å². The van der Waals surface area contributed by atoms with E-state index < -0.39 is 0 Å². The minimum atomic E-state index is -0.326. The van der Waals surface area contributed by atoms with Gasteiger partial charge in [0.25, 0.3) is 1.43 Å². The minimum absolute atomic E-state index is 0.0111. The average molecular weight is 296 g/mol. The van der Waals surface area contributed by atoms with Crippen molar-refractivity contribution >= 4 is 11.9 Å². The van der Waals surface area contributed by atoms with E-state index in [2.05, 4.69) is 5.11 Å². The fourth-order valence-corrected chi connectivity index (χ4v) is 1.47. The third kappa shape index (κ3) is 5.45. The van der Waals surface area contributed by atoms with Crippen LogP contribution >= 0.6 is 0 Å². The summed E-state index contributed by atoms with van der Waals surface area (Å²) in [7, 11) is 0. The molecule has 5 nitrogen and oxygen atoms in total. The summed E-state index contributed by atoms with van der Waals surface area (Å²) < 4.78 is 17.3.